The maximum Gasteiger partial charge on any atom is 0.214 e. The van der Waals surface area contributed by atoms with Gasteiger partial charge in [-0.2, -0.15) is 0 Å². The fraction of sp³-hybridized carbons (Fsp3) is 0.0588. The van der Waals surface area contributed by atoms with Crippen molar-refractivity contribution in [1.82, 2.24) is 4.57 Å². The summed E-state index contributed by atoms with van der Waals surface area (Å²) < 4.78 is 1.63. The first kappa shape index (κ1) is 12.6. The molecule has 0 amide bonds. The summed E-state index contributed by atoms with van der Waals surface area (Å²) in [7, 11) is 1.74. The van der Waals surface area contributed by atoms with E-state index in [-0.39, 0.29) is 17.4 Å². The molecule has 5 heteroatoms. The van der Waals surface area contributed by atoms with Gasteiger partial charge in [-0.3, -0.25) is 4.79 Å². The van der Waals surface area contributed by atoms with Gasteiger partial charge in [-0.05, 0) is 30.3 Å². The average molecular weight is 291 g/mol. The maximum atomic E-state index is 12.6. The van der Waals surface area contributed by atoms with Crippen LogP contribution in [0, 0.1) is 0 Å². The van der Waals surface area contributed by atoms with Crippen LogP contribution in [0.3, 0.4) is 0 Å². The first-order chi connectivity index (χ1) is 10.6. The Morgan fingerprint density at radius 2 is 1.95 bits per heavy atom. The van der Waals surface area contributed by atoms with Gasteiger partial charge in [0.05, 0.1) is 16.8 Å². The molecule has 4 rings (SSSR count). The molecule has 1 aliphatic heterocycles. The highest BCUT2D eigenvalue weighted by Gasteiger charge is 2.30. The van der Waals surface area contributed by atoms with Crippen LogP contribution in [-0.2, 0) is 7.05 Å². The van der Waals surface area contributed by atoms with Gasteiger partial charge in [0.15, 0.2) is 0 Å². The molecule has 0 fully saturated rings. The van der Waals surface area contributed by atoms with Crippen LogP contribution in [0.5, 0.6) is 5.88 Å². The van der Waals surface area contributed by atoms with Gasteiger partial charge in [-0.25, -0.2) is 4.99 Å². The van der Waals surface area contributed by atoms with E-state index in [0.29, 0.717) is 22.5 Å². The number of aliphatic imine (C=N–C) groups is 1. The van der Waals surface area contributed by atoms with E-state index in [1.165, 1.54) is 0 Å². The number of nitrogens with zero attached hydrogens (tertiary/aromatic N) is 2. The number of carbonyl (C=O) groups excluding carboxylic acids is 1. The molecule has 0 saturated heterocycles. The van der Waals surface area contributed by atoms with E-state index < -0.39 is 0 Å². The quantitative estimate of drug-likeness (QED) is 0.676. The molecule has 108 valence electrons. The molecule has 0 spiro atoms. The number of para-hydroxylation sites is 1. The van der Waals surface area contributed by atoms with Crippen LogP contribution in [0.2, 0.25) is 0 Å². The van der Waals surface area contributed by atoms with E-state index in [0.717, 1.165) is 10.9 Å². The monoisotopic (exact) mass is 291 g/mol. The van der Waals surface area contributed by atoms with Crippen molar-refractivity contribution in [3.8, 4) is 5.88 Å². The Balaban J connectivity index is 2.03. The minimum absolute atomic E-state index is 0.0144. The third-order valence-corrected chi connectivity index (χ3v) is 4.03. The summed E-state index contributed by atoms with van der Waals surface area (Å²) >= 11 is 0. The molecule has 3 aromatic rings. The number of nitrogen functional groups attached to an aromatic ring is 1. The molecule has 0 radical (unpaired) electrons. The number of hydrogen-bond donors (Lipinski definition) is 2. The average Bonchev–Trinajstić information content (AvgIpc) is 2.96. The summed E-state index contributed by atoms with van der Waals surface area (Å²) in [6, 6.07) is 12.5. The van der Waals surface area contributed by atoms with Crippen LogP contribution in [0.4, 0.5) is 11.4 Å². The molecule has 0 aliphatic carbocycles. The Kier molecular flexibility index (Phi) is 2.42. The zero-order valence-electron chi connectivity index (χ0n) is 11.9. The molecule has 2 aromatic carbocycles. The number of hydrogen-bond acceptors (Lipinski definition) is 4. The number of ketones is 1. The van der Waals surface area contributed by atoms with Crippen LogP contribution >= 0.6 is 0 Å². The van der Waals surface area contributed by atoms with Crippen molar-refractivity contribution in [2.75, 3.05) is 5.73 Å². The minimum atomic E-state index is -0.180. The third kappa shape index (κ3) is 1.53. The highest BCUT2D eigenvalue weighted by atomic mass is 16.3. The van der Waals surface area contributed by atoms with Crippen LogP contribution < -0.4 is 5.73 Å². The normalized spacial score (nSPS) is 13.5. The molecule has 0 unspecified atom stereocenters. The van der Waals surface area contributed by atoms with E-state index >= 15 is 0 Å². The molecular formula is C17H13N3O2. The Morgan fingerprint density at radius 1 is 1.18 bits per heavy atom. The van der Waals surface area contributed by atoms with E-state index in [9.17, 15) is 9.90 Å². The van der Waals surface area contributed by atoms with Crippen molar-refractivity contribution in [3.05, 3.63) is 53.6 Å². The molecule has 1 aliphatic rings. The highest BCUT2D eigenvalue weighted by Crippen LogP contribution is 2.37. The van der Waals surface area contributed by atoms with Crippen molar-refractivity contribution in [1.29, 1.82) is 0 Å². The molecule has 0 atom stereocenters. The number of aromatic nitrogens is 1. The fourth-order valence-electron chi connectivity index (χ4n) is 2.91. The van der Waals surface area contributed by atoms with E-state index in [1.807, 2.05) is 12.1 Å². The lowest BCUT2D eigenvalue weighted by molar-refractivity contribution is 0.107. The van der Waals surface area contributed by atoms with Gasteiger partial charge in [0.1, 0.15) is 5.71 Å². The Morgan fingerprint density at radius 3 is 2.73 bits per heavy atom. The van der Waals surface area contributed by atoms with Crippen molar-refractivity contribution >= 4 is 33.8 Å². The SMILES string of the molecule is Cn1c(O)c(C2=Nc3ccccc3C2=O)c2cc(N)ccc21. The van der Waals surface area contributed by atoms with Crippen molar-refractivity contribution in [2.45, 2.75) is 0 Å². The lowest BCUT2D eigenvalue weighted by Crippen LogP contribution is -2.11. The zero-order valence-corrected chi connectivity index (χ0v) is 11.9. The molecule has 22 heavy (non-hydrogen) atoms. The highest BCUT2D eigenvalue weighted by molar-refractivity contribution is 6.56. The fourth-order valence-corrected chi connectivity index (χ4v) is 2.91. The smallest absolute Gasteiger partial charge is 0.214 e. The second-order valence-electron chi connectivity index (χ2n) is 5.34. The number of aryl methyl sites for hydroxylation is 1. The predicted molar refractivity (Wildman–Crippen MR) is 86.0 cm³/mol. The van der Waals surface area contributed by atoms with Crippen molar-refractivity contribution < 1.29 is 9.90 Å². The number of Topliss-reactive ketones (excluding diaryl/α,β-unsaturated/α-hetero) is 1. The summed E-state index contributed by atoms with van der Waals surface area (Å²) in [6.07, 6.45) is 0. The number of aromatic hydroxyl groups is 1. The first-order valence-electron chi connectivity index (χ1n) is 6.87. The zero-order chi connectivity index (χ0) is 15.4. The van der Waals surface area contributed by atoms with Gasteiger partial charge in [0.2, 0.25) is 11.7 Å². The van der Waals surface area contributed by atoms with Crippen LogP contribution in [0.1, 0.15) is 15.9 Å². The minimum Gasteiger partial charge on any atom is -0.494 e. The molecule has 1 aromatic heterocycles. The Hall–Kier alpha value is -3.08. The largest absolute Gasteiger partial charge is 0.494 e. The van der Waals surface area contributed by atoms with Crippen molar-refractivity contribution in [3.63, 3.8) is 0 Å². The standard InChI is InChI=1S/C17H13N3O2/c1-20-13-7-6-9(18)8-11(13)14(17(20)22)15-16(21)10-4-2-3-5-12(10)19-15/h2-8,22H,18H2,1H3. The van der Waals surface area contributed by atoms with Crippen LogP contribution in [0.25, 0.3) is 10.9 Å². The van der Waals surface area contributed by atoms with Gasteiger partial charge in [0, 0.05) is 23.7 Å². The van der Waals surface area contributed by atoms with E-state index in [1.54, 1.807) is 41.9 Å². The second-order valence-corrected chi connectivity index (χ2v) is 5.34. The van der Waals surface area contributed by atoms with Crippen LogP contribution in [0.15, 0.2) is 47.5 Å². The van der Waals surface area contributed by atoms with Gasteiger partial charge >= 0.3 is 0 Å². The summed E-state index contributed by atoms with van der Waals surface area (Å²) in [6.45, 7) is 0. The third-order valence-electron chi connectivity index (χ3n) is 4.03. The molecule has 5 nitrogen and oxygen atoms in total. The second kappa shape index (κ2) is 4.21. The molecule has 0 bridgehead atoms. The lowest BCUT2D eigenvalue weighted by atomic mass is 10.0. The van der Waals surface area contributed by atoms with Gasteiger partial charge in [-0.15, -0.1) is 0 Å². The maximum absolute atomic E-state index is 12.6. The first-order valence-corrected chi connectivity index (χ1v) is 6.87. The summed E-state index contributed by atoms with van der Waals surface area (Å²) in [5, 5.41) is 11.2. The van der Waals surface area contributed by atoms with Gasteiger partial charge in [0.25, 0.3) is 0 Å². The molecule has 2 heterocycles. The number of rotatable bonds is 1. The number of fused-ring (bicyclic) bond motifs is 2. The van der Waals surface area contributed by atoms with E-state index in [2.05, 4.69) is 4.99 Å². The predicted octanol–water partition coefficient (Wildman–Crippen LogP) is 2.78. The van der Waals surface area contributed by atoms with Crippen LogP contribution in [-0.4, -0.2) is 21.2 Å². The Labute approximate surface area is 126 Å². The van der Waals surface area contributed by atoms with Crippen molar-refractivity contribution in [2.24, 2.45) is 12.0 Å². The molecule has 3 N–H and O–H groups in total. The van der Waals surface area contributed by atoms with Gasteiger partial charge < -0.3 is 15.4 Å². The summed E-state index contributed by atoms with van der Waals surface area (Å²) in [5.74, 6) is -0.165. The van der Waals surface area contributed by atoms with E-state index in [4.69, 9.17) is 5.73 Å². The molecular weight excluding hydrogens is 278 g/mol. The number of anilines is 1. The number of nitrogens with two attached hydrogens (primary N) is 1. The Bertz CT molecular complexity index is 983. The molecule has 0 saturated carbocycles. The summed E-state index contributed by atoms with van der Waals surface area (Å²) in [4.78, 5) is 17.0. The topological polar surface area (TPSA) is 80.6 Å². The lowest BCUT2D eigenvalue weighted by Gasteiger charge is -2.00. The number of benzene rings is 2. The number of carbonyl (C=O) groups is 1. The van der Waals surface area contributed by atoms with Gasteiger partial charge in [-0.1, -0.05) is 12.1 Å². The summed E-state index contributed by atoms with van der Waals surface area (Å²) in [5.41, 5.74) is 9.10.